The Labute approximate surface area is 165 Å². The number of carbonyl (C=O) groups excluding carboxylic acids is 1. The molecular weight excluding hydrogens is 367 g/mol. The third-order valence-corrected chi connectivity index (χ3v) is 5.57. The van der Waals surface area contributed by atoms with Crippen LogP contribution >= 0.6 is 12.4 Å². The van der Waals surface area contributed by atoms with E-state index in [1.807, 2.05) is 11.0 Å². The summed E-state index contributed by atoms with van der Waals surface area (Å²) in [6, 6.07) is 6.91. The number of amides is 1. The van der Waals surface area contributed by atoms with Crippen LogP contribution in [0.15, 0.2) is 24.3 Å². The number of carbonyl (C=O) groups is 1. The molecule has 2 aliphatic rings. The molecule has 0 spiro atoms. The van der Waals surface area contributed by atoms with Crippen molar-refractivity contribution >= 4 is 18.3 Å². The van der Waals surface area contributed by atoms with Gasteiger partial charge in [-0.25, -0.2) is 4.39 Å². The van der Waals surface area contributed by atoms with Crippen LogP contribution in [-0.2, 0) is 19.4 Å². The van der Waals surface area contributed by atoms with Crippen LogP contribution in [0.5, 0.6) is 0 Å². The van der Waals surface area contributed by atoms with Crippen molar-refractivity contribution in [3.05, 3.63) is 52.6 Å². The highest BCUT2D eigenvalue weighted by Gasteiger charge is 2.31. The molecule has 7 heteroatoms. The Hall–Kier alpha value is -1.92. The molecule has 0 unspecified atom stereocenters. The van der Waals surface area contributed by atoms with Gasteiger partial charge in [-0.15, -0.1) is 12.4 Å². The predicted molar refractivity (Wildman–Crippen MR) is 105 cm³/mol. The SMILES string of the molecule is Cl.O=C(c1n[nH]c2c1CNCC2)N(CCc1cccc(F)c1)C1CCCC1. The Morgan fingerprint density at radius 1 is 1.30 bits per heavy atom. The summed E-state index contributed by atoms with van der Waals surface area (Å²) in [6.07, 6.45) is 5.94. The van der Waals surface area contributed by atoms with Crippen molar-refractivity contribution < 1.29 is 9.18 Å². The van der Waals surface area contributed by atoms with Crippen molar-refractivity contribution in [3.8, 4) is 0 Å². The number of H-pyrrole nitrogens is 1. The zero-order valence-electron chi connectivity index (χ0n) is 15.3. The third-order valence-electron chi connectivity index (χ3n) is 5.57. The number of aromatic amines is 1. The molecule has 5 nitrogen and oxygen atoms in total. The first-order valence-corrected chi connectivity index (χ1v) is 9.54. The first-order valence-electron chi connectivity index (χ1n) is 9.54. The molecule has 2 N–H and O–H groups in total. The number of fused-ring (bicyclic) bond motifs is 1. The fraction of sp³-hybridized carbons (Fsp3) is 0.500. The number of hydrogen-bond acceptors (Lipinski definition) is 3. The monoisotopic (exact) mass is 392 g/mol. The summed E-state index contributed by atoms with van der Waals surface area (Å²) in [5.41, 5.74) is 3.56. The van der Waals surface area contributed by atoms with Gasteiger partial charge in [-0.2, -0.15) is 5.10 Å². The van der Waals surface area contributed by atoms with Crippen molar-refractivity contribution in [2.24, 2.45) is 0 Å². The van der Waals surface area contributed by atoms with Gasteiger partial charge in [0.15, 0.2) is 5.69 Å². The molecule has 0 atom stereocenters. The largest absolute Gasteiger partial charge is 0.334 e. The number of hydrogen-bond donors (Lipinski definition) is 2. The van der Waals surface area contributed by atoms with Crippen molar-refractivity contribution in [2.45, 2.75) is 51.1 Å². The van der Waals surface area contributed by atoms with Crippen LogP contribution in [0.3, 0.4) is 0 Å². The average molecular weight is 393 g/mol. The summed E-state index contributed by atoms with van der Waals surface area (Å²) in [6.45, 7) is 2.20. The van der Waals surface area contributed by atoms with Gasteiger partial charge in [-0.3, -0.25) is 9.89 Å². The van der Waals surface area contributed by atoms with Crippen LogP contribution in [0.1, 0.15) is 53.0 Å². The molecular formula is C20H26ClFN4O. The van der Waals surface area contributed by atoms with Gasteiger partial charge in [0.05, 0.1) is 0 Å². The molecule has 4 rings (SSSR count). The molecule has 1 aliphatic heterocycles. The minimum absolute atomic E-state index is 0. The number of rotatable bonds is 5. The Morgan fingerprint density at radius 2 is 2.11 bits per heavy atom. The highest BCUT2D eigenvalue weighted by molar-refractivity contribution is 5.94. The van der Waals surface area contributed by atoms with Crippen molar-refractivity contribution in [1.29, 1.82) is 0 Å². The molecule has 1 fully saturated rings. The first-order chi connectivity index (χ1) is 12.7. The Bertz CT molecular complexity index is 788. The zero-order chi connectivity index (χ0) is 17.9. The van der Waals surface area contributed by atoms with E-state index in [1.165, 1.54) is 6.07 Å². The molecule has 0 bridgehead atoms. The number of nitrogens with zero attached hydrogens (tertiary/aromatic N) is 2. The van der Waals surface area contributed by atoms with Crippen LogP contribution in [-0.4, -0.2) is 40.1 Å². The molecule has 0 saturated heterocycles. The smallest absolute Gasteiger partial charge is 0.274 e. The van der Waals surface area contributed by atoms with Crippen molar-refractivity contribution in [1.82, 2.24) is 20.4 Å². The molecule has 27 heavy (non-hydrogen) atoms. The van der Waals surface area contributed by atoms with Crippen LogP contribution in [0, 0.1) is 5.82 Å². The molecule has 146 valence electrons. The lowest BCUT2D eigenvalue weighted by Gasteiger charge is -2.29. The molecule has 0 radical (unpaired) electrons. The van der Waals surface area contributed by atoms with E-state index in [2.05, 4.69) is 15.5 Å². The molecule has 1 aromatic carbocycles. The number of aromatic nitrogens is 2. The van der Waals surface area contributed by atoms with Gasteiger partial charge in [0.25, 0.3) is 5.91 Å². The lowest BCUT2D eigenvalue weighted by atomic mass is 10.0. The van der Waals surface area contributed by atoms with E-state index in [9.17, 15) is 9.18 Å². The lowest BCUT2D eigenvalue weighted by molar-refractivity contribution is 0.0676. The minimum atomic E-state index is -0.228. The van der Waals surface area contributed by atoms with Crippen LogP contribution in [0.4, 0.5) is 4.39 Å². The average Bonchev–Trinajstić information content (AvgIpc) is 3.32. The fourth-order valence-corrected chi connectivity index (χ4v) is 4.15. The second-order valence-corrected chi connectivity index (χ2v) is 7.27. The van der Waals surface area contributed by atoms with E-state index in [4.69, 9.17) is 0 Å². The van der Waals surface area contributed by atoms with E-state index >= 15 is 0 Å². The summed E-state index contributed by atoms with van der Waals surface area (Å²) >= 11 is 0. The van der Waals surface area contributed by atoms with E-state index in [-0.39, 0.29) is 30.2 Å². The molecule has 2 heterocycles. The first kappa shape index (κ1) is 19.8. The minimum Gasteiger partial charge on any atom is -0.334 e. The second kappa shape index (κ2) is 8.85. The van der Waals surface area contributed by atoms with Crippen LogP contribution < -0.4 is 5.32 Å². The second-order valence-electron chi connectivity index (χ2n) is 7.27. The van der Waals surface area contributed by atoms with E-state index in [0.29, 0.717) is 25.2 Å². The number of benzene rings is 1. The predicted octanol–water partition coefficient (Wildman–Crippen LogP) is 3.24. The van der Waals surface area contributed by atoms with Crippen LogP contribution in [0.2, 0.25) is 0 Å². The zero-order valence-corrected chi connectivity index (χ0v) is 16.2. The maximum Gasteiger partial charge on any atom is 0.274 e. The summed E-state index contributed by atoms with van der Waals surface area (Å²) < 4.78 is 13.5. The summed E-state index contributed by atoms with van der Waals surface area (Å²) in [5, 5.41) is 10.7. The van der Waals surface area contributed by atoms with Gasteiger partial charge in [0.1, 0.15) is 5.82 Å². The maximum absolute atomic E-state index is 13.5. The van der Waals surface area contributed by atoms with Gasteiger partial charge < -0.3 is 10.2 Å². The Kier molecular flexibility index (Phi) is 6.50. The number of halogens is 2. The van der Waals surface area contributed by atoms with Gasteiger partial charge in [-0.1, -0.05) is 25.0 Å². The van der Waals surface area contributed by atoms with Gasteiger partial charge in [0, 0.05) is 43.4 Å². The van der Waals surface area contributed by atoms with Crippen molar-refractivity contribution in [2.75, 3.05) is 13.1 Å². The molecule has 1 aliphatic carbocycles. The topological polar surface area (TPSA) is 61.0 Å². The molecule has 2 aromatic rings. The van der Waals surface area contributed by atoms with E-state index in [1.54, 1.807) is 12.1 Å². The highest BCUT2D eigenvalue weighted by atomic mass is 35.5. The standard InChI is InChI=1S/C20H25FN4O.ClH/c21-15-5-3-4-14(12-15)9-11-25(16-6-1-2-7-16)20(26)19-17-13-22-10-8-18(17)23-24-19;/h3-5,12,16,22H,1-2,6-11,13H2,(H,23,24);1H. The molecule has 1 amide bonds. The summed E-state index contributed by atoms with van der Waals surface area (Å²) in [7, 11) is 0. The quantitative estimate of drug-likeness (QED) is 0.821. The fourth-order valence-electron chi connectivity index (χ4n) is 4.15. The normalized spacial score (nSPS) is 16.6. The Balaban J connectivity index is 0.00000210. The van der Waals surface area contributed by atoms with E-state index < -0.39 is 0 Å². The van der Waals surface area contributed by atoms with Gasteiger partial charge in [0.2, 0.25) is 0 Å². The molecule has 1 saturated carbocycles. The van der Waals surface area contributed by atoms with Gasteiger partial charge in [-0.05, 0) is 37.0 Å². The maximum atomic E-state index is 13.5. The number of nitrogens with one attached hydrogen (secondary N) is 2. The Morgan fingerprint density at radius 3 is 2.89 bits per heavy atom. The lowest BCUT2D eigenvalue weighted by Crippen LogP contribution is -2.41. The van der Waals surface area contributed by atoms with E-state index in [0.717, 1.165) is 55.5 Å². The highest BCUT2D eigenvalue weighted by Crippen LogP contribution is 2.26. The third kappa shape index (κ3) is 4.33. The van der Waals surface area contributed by atoms with Crippen molar-refractivity contribution in [3.63, 3.8) is 0 Å². The van der Waals surface area contributed by atoms with Crippen LogP contribution in [0.25, 0.3) is 0 Å². The summed E-state index contributed by atoms with van der Waals surface area (Å²) in [5.74, 6) is -0.219. The van der Waals surface area contributed by atoms with Gasteiger partial charge >= 0.3 is 0 Å². The summed E-state index contributed by atoms with van der Waals surface area (Å²) in [4.78, 5) is 15.3. The molecule has 1 aromatic heterocycles.